The Morgan fingerprint density at radius 2 is 2.21 bits per heavy atom. The smallest absolute Gasteiger partial charge is 0.338 e. The number of nitrogens with zero attached hydrogens (tertiary/aromatic N) is 1. The highest BCUT2D eigenvalue weighted by molar-refractivity contribution is 5.89. The zero-order valence-electron chi connectivity index (χ0n) is 11.4. The van der Waals surface area contributed by atoms with E-state index in [0.29, 0.717) is 0 Å². The van der Waals surface area contributed by atoms with E-state index in [0.717, 1.165) is 6.08 Å². The first-order chi connectivity index (χ1) is 8.45. The van der Waals surface area contributed by atoms with E-state index in [1.807, 2.05) is 0 Å². The maximum absolute atomic E-state index is 11.5. The van der Waals surface area contributed by atoms with Crippen LogP contribution in [0.1, 0.15) is 22.8 Å². The van der Waals surface area contributed by atoms with Gasteiger partial charge in [-0.3, -0.25) is 0 Å². The summed E-state index contributed by atoms with van der Waals surface area (Å²) in [6, 6.07) is -2.35. The van der Waals surface area contributed by atoms with Gasteiger partial charge in [-0.15, -0.1) is 0 Å². The number of ether oxygens (including phenoxy) is 1. The Balaban J connectivity index is 3.58. The first kappa shape index (κ1) is 5.73. The lowest BCUT2D eigenvalue weighted by atomic mass is 10.2. The first-order valence-corrected chi connectivity index (χ1v) is 3.81. The average Bonchev–Trinajstić information content (AvgIpc) is 2.33. The molecule has 0 heterocycles. The highest BCUT2D eigenvalue weighted by Crippen LogP contribution is 2.12. The largest absolute Gasteiger partial charge is 0.462 e. The van der Waals surface area contributed by atoms with Crippen LogP contribution in [0.15, 0.2) is 29.2 Å². The molecule has 0 fully saturated rings. The van der Waals surface area contributed by atoms with Gasteiger partial charge in [-0.1, -0.05) is 0 Å². The molecule has 1 rings (SSSR count). The van der Waals surface area contributed by atoms with Gasteiger partial charge in [-0.05, 0) is 31.1 Å². The average molecular weight is 195 g/mol. The van der Waals surface area contributed by atoms with E-state index < -0.39 is 41.4 Å². The second-order valence-corrected chi connectivity index (χ2v) is 2.15. The standard InChI is InChI=1S/C10H9NO3/c1-2-14-10(13)8-3-5-9(6-4-8)11-7-12/h3-6H,2H2,1H3/i3D,4D,5D,6D. The fourth-order valence-corrected chi connectivity index (χ4v) is 0.713. The third kappa shape index (κ3) is 2.54. The molecule has 1 aromatic carbocycles. The molecule has 4 nitrogen and oxygen atoms in total. The second-order valence-electron chi connectivity index (χ2n) is 2.15. The van der Waals surface area contributed by atoms with Gasteiger partial charge in [0.1, 0.15) is 0 Å². The van der Waals surface area contributed by atoms with Crippen molar-refractivity contribution in [1.82, 2.24) is 0 Å². The van der Waals surface area contributed by atoms with Crippen LogP contribution in [0.4, 0.5) is 5.69 Å². The van der Waals surface area contributed by atoms with Crippen LogP contribution in [0, 0.1) is 0 Å². The van der Waals surface area contributed by atoms with Crippen molar-refractivity contribution in [2.45, 2.75) is 6.92 Å². The molecule has 0 aliphatic carbocycles. The molecule has 14 heavy (non-hydrogen) atoms. The van der Waals surface area contributed by atoms with E-state index in [9.17, 15) is 9.59 Å². The molecule has 72 valence electrons. The Bertz CT molecular complexity index is 524. The van der Waals surface area contributed by atoms with Crippen molar-refractivity contribution in [1.29, 1.82) is 0 Å². The minimum Gasteiger partial charge on any atom is -0.462 e. The van der Waals surface area contributed by atoms with Crippen molar-refractivity contribution in [3.63, 3.8) is 0 Å². The SMILES string of the molecule is [2H]c1c([2H])c(C(=O)OCC)c([2H])c([2H])c1N=C=O. The van der Waals surface area contributed by atoms with E-state index >= 15 is 0 Å². The second kappa shape index (κ2) is 4.94. The summed E-state index contributed by atoms with van der Waals surface area (Å²) in [6.07, 6.45) is 1.15. The van der Waals surface area contributed by atoms with Crippen LogP contribution in [-0.4, -0.2) is 18.7 Å². The van der Waals surface area contributed by atoms with Crippen LogP contribution < -0.4 is 0 Å². The number of esters is 1. The van der Waals surface area contributed by atoms with E-state index in [-0.39, 0.29) is 6.61 Å². The third-order valence-electron chi connectivity index (χ3n) is 1.25. The molecule has 0 aliphatic rings. The van der Waals surface area contributed by atoms with Crippen LogP contribution in [0.3, 0.4) is 0 Å². The summed E-state index contributed by atoms with van der Waals surface area (Å²) in [5.74, 6) is -0.948. The summed E-state index contributed by atoms with van der Waals surface area (Å²) in [5, 5.41) is 0. The molecule has 0 aliphatic heterocycles. The molecule has 0 radical (unpaired) electrons. The number of aliphatic imine (C=N–C) groups is 1. The molecule has 0 spiro atoms. The van der Waals surface area contributed by atoms with Crippen LogP contribution >= 0.6 is 0 Å². The predicted molar refractivity (Wildman–Crippen MR) is 50.2 cm³/mol. The lowest BCUT2D eigenvalue weighted by Crippen LogP contribution is -2.03. The lowest BCUT2D eigenvalue weighted by Gasteiger charge is -2.00. The van der Waals surface area contributed by atoms with E-state index in [2.05, 4.69) is 9.73 Å². The summed E-state index contributed by atoms with van der Waals surface area (Å²) >= 11 is 0. The molecule has 1 aromatic rings. The van der Waals surface area contributed by atoms with Gasteiger partial charge in [0.25, 0.3) is 0 Å². The Hall–Kier alpha value is -1.93. The first-order valence-electron chi connectivity index (χ1n) is 5.81. The molecule has 0 amide bonds. The zero-order valence-corrected chi connectivity index (χ0v) is 7.38. The van der Waals surface area contributed by atoms with Crippen LogP contribution in [-0.2, 0) is 9.53 Å². The summed E-state index contributed by atoms with van der Waals surface area (Å²) in [7, 11) is 0. The van der Waals surface area contributed by atoms with Crippen molar-refractivity contribution in [2.24, 2.45) is 4.99 Å². The minimum atomic E-state index is -0.948. The fraction of sp³-hybridized carbons (Fsp3) is 0.200. The van der Waals surface area contributed by atoms with Gasteiger partial charge in [-0.25, -0.2) is 9.59 Å². The molecular formula is C10H9NO3. The van der Waals surface area contributed by atoms with Gasteiger partial charge in [0.15, 0.2) is 0 Å². The van der Waals surface area contributed by atoms with Gasteiger partial charge < -0.3 is 4.74 Å². The van der Waals surface area contributed by atoms with Gasteiger partial charge in [0, 0.05) is 0 Å². The van der Waals surface area contributed by atoms with Gasteiger partial charge >= 0.3 is 5.97 Å². The molecular weight excluding hydrogens is 182 g/mol. The van der Waals surface area contributed by atoms with Crippen LogP contribution in [0.25, 0.3) is 0 Å². The Labute approximate surface area is 86.8 Å². The Morgan fingerprint density at radius 3 is 2.71 bits per heavy atom. The molecule has 0 bridgehead atoms. The zero-order chi connectivity index (χ0) is 13.9. The number of carbonyl (C=O) groups is 1. The van der Waals surface area contributed by atoms with E-state index in [4.69, 9.17) is 5.48 Å². The van der Waals surface area contributed by atoms with Crippen LogP contribution in [0.2, 0.25) is 0 Å². The van der Waals surface area contributed by atoms with Gasteiger partial charge in [0.05, 0.1) is 23.3 Å². The number of hydrogen-bond acceptors (Lipinski definition) is 4. The Morgan fingerprint density at radius 1 is 1.57 bits per heavy atom. The van der Waals surface area contributed by atoms with Crippen molar-refractivity contribution in [2.75, 3.05) is 6.61 Å². The quantitative estimate of drug-likeness (QED) is 0.420. The minimum absolute atomic E-state index is 0.0482. The van der Waals surface area contributed by atoms with E-state index in [1.54, 1.807) is 6.92 Å². The summed E-state index contributed by atoms with van der Waals surface area (Å²) < 4.78 is 34.9. The monoisotopic (exact) mass is 195 g/mol. The maximum atomic E-state index is 11.5. The molecule has 0 saturated carbocycles. The van der Waals surface area contributed by atoms with Gasteiger partial charge in [0.2, 0.25) is 6.08 Å². The maximum Gasteiger partial charge on any atom is 0.338 e. The summed E-state index contributed by atoms with van der Waals surface area (Å²) in [5.41, 5.74) is -0.926. The van der Waals surface area contributed by atoms with Gasteiger partial charge in [-0.2, -0.15) is 4.99 Å². The van der Waals surface area contributed by atoms with Crippen molar-refractivity contribution in [3.05, 3.63) is 29.7 Å². The van der Waals surface area contributed by atoms with Crippen molar-refractivity contribution < 1.29 is 19.8 Å². The summed E-state index contributed by atoms with van der Waals surface area (Å²) in [6.45, 7) is 1.60. The van der Waals surface area contributed by atoms with Crippen molar-refractivity contribution >= 4 is 17.7 Å². The van der Waals surface area contributed by atoms with Crippen molar-refractivity contribution in [3.8, 4) is 0 Å². The summed E-state index contributed by atoms with van der Waals surface area (Å²) in [4.78, 5) is 24.8. The molecule has 0 saturated heterocycles. The molecule has 0 unspecified atom stereocenters. The fourth-order valence-electron chi connectivity index (χ4n) is 0.713. The third-order valence-corrected chi connectivity index (χ3v) is 1.25. The van der Waals surface area contributed by atoms with E-state index in [1.165, 1.54) is 0 Å². The number of benzene rings is 1. The number of rotatable bonds is 3. The number of hydrogen-bond donors (Lipinski definition) is 0. The predicted octanol–water partition coefficient (Wildman–Crippen LogP) is 1.83. The highest BCUT2D eigenvalue weighted by Gasteiger charge is 2.04. The normalized spacial score (nSPS) is 12.9. The molecule has 0 aromatic heterocycles. The molecule has 0 N–H and O–H groups in total. The van der Waals surface area contributed by atoms with Crippen LogP contribution in [0.5, 0.6) is 0 Å². The number of carbonyl (C=O) groups excluding carboxylic acids is 2. The Kier molecular flexibility index (Phi) is 2.02. The topological polar surface area (TPSA) is 55.7 Å². The number of isocyanates is 1. The highest BCUT2D eigenvalue weighted by atomic mass is 16.5. The lowest BCUT2D eigenvalue weighted by molar-refractivity contribution is 0.0526. The molecule has 0 atom stereocenters. The molecule has 4 heteroatoms.